The fourth-order valence-electron chi connectivity index (χ4n) is 3.39. The first-order chi connectivity index (χ1) is 15.7. The van der Waals surface area contributed by atoms with Gasteiger partial charge in [0.1, 0.15) is 5.56 Å². The quantitative estimate of drug-likeness (QED) is 0.435. The van der Waals surface area contributed by atoms with Crippen molar-refractivity contribution in [2.75, 3.05) is 5.32 Å². The summed E-state index contributed by atoms with van der Waals surface area (Å²) in [5, 5.41) is 16.7. The van der Waals surface area contributed by atoms with Gasteiger partial charge in [-0.05, 0) is 23.8 Å². The van der Waals surface area contributed by atoms with Crippen LogP contribution in [-0.4, -0.2) is 25.5 Å². The minimum Gasteiger partial charge on any atom is -0.298 e. The topological polar surface area (TPSA) is 96.0 Å². The Balaban J connectivity index is 1.35. The second-order valence-electron chi connectivity index (χ2n) is 7.06. The largest absolute Gasteiger partial charge is 0.298 e. The molecule has 0 aliphatic carbocycles. The molecule has 5 rings (SSSR count). The number of amides is 1. The van der Waals surface area contributed by atoms with Crippen LogP contribution in [0.3, 0.4) is 0 Å². The van der Waals surface area contributed by atoms with E-state index in [1.807, 2.05) is 48.5 Å². The molecule has 32 heavy (non-hydrogen) atoms. The van der Waals surface area contributed by atoms with Gasteiger partial charge in [0.25, 0.3) is 5.91 Å². The molecule has 3 aromatic heterocycles. The third-order valence-electron chi connectivity index (χ3n) is 4.95. The van der Waals surface area contributed by atoms with Gasteiger partial charge in [-0.15, -0.1) is 11.3 Å². The Morgan fingerprint density at radius 1 is 1.03 bits per heavy atom. The summed E-state index contributed by atoms with van der Waals surface area (Å²) in [4.78, 5) is 22.6. The second kappa shape index (κ2) is 8.41. The van der Waals surface area contributed by atoms with Gasteiger partial charge < -0.3 is 0 Å². The number of benzene rings is 2. The molecule has 1 N–H and O–H groups in total. The van der Waals surface area contributed by atoms with Crippen molar-refractivity contribution < 1.29 is 4.79 Å². The number of fused-ring (bicyclic) bond motifs is 1. The van der Waals surface area contributed by atoms with Gasteiger partial charge in [0.05, 0.1) is 23.5 Å². The maximum absolute atomic E-state index is 12.9. The van der Waals surface area contributed by atoms with Crippen LogP contribution in [0.5, 0.6) is 0 Å². The van der Waals surface area contributed by atoms with Crippen molar-refractivity contribution >= 4 is 28.0 Å². The Kier molecular flexibility index (Phi) is 5.15. The summed E-state index contributed by atoms with van der Waals surface area (Å²) < 4.78 is 1.67. The normalized spacial score (nSPS) is 10.7. The molecule has 8 heteroatoms. The number of nitrogens with zero attached hydrogens (tertiary/aromatic N) is 5. The highest BCUT2D eigenvalue weighted by atomic mass is 32.1. The molecule has 0 radical (unpaired) electrons. The first kappa shape index (κ1) is 19.6. The van der Waals surface area contributed by atoms with E-state index >= 15 is 0 Å². The van der Waals surface area contributed by atoms with Crippen LogP contribution in [0.25, 0.3) is 16.9 Å². The number of carbonyl (C=O) groups is 1. The summed E-state index contributed by atoms with van der Waals surface area (Å²) >= 11 is 1.41. The summed E-state index contributed by atoms with van der Waals surface area (Å²) in [6.07, 6.45) is 5.63. The van der Waals surface area contributed by atoms with Gasteiger partial charge in [-0.1, -0.05) is 42.5 Å². The fraction of sp³-hybridized carbons (Fsp3) is 0.0417. The number of hydrogen-bond acceptors (Lipinski definition) is 6. The number of nitrogens with one attached hydrogen (secondary N) is 1. The molecule has 154 valence electrons. The number of thiazole rings is 1. The number of anilines is 1. The minimum atomic E-state index is -0.308. The number of hydrogen-bond donors (Lipinski definition) is 1. The molecule has 7 nitrogen and oxygen atoms in total. The van der Waals surface area contributed by atoms with Crippen LogP contribution in [0.2, 0.25) is 0 Å². The van der Waals surface area contributed by atoms with E-state index in [4.69, 9.17) is 5.26 Å². The smallest absolute Gasteiger partial charge is 0.262 e. The zero-order valence-electron chi connectivity index (χ0n) is 16.8. The highest BCUT2D eigenvalue weighted by Gasteiger charge is 2.17. The predicted molar refractivity (Wildman–Crippen MR) is 122 cm³/mol. The van der Waals surface area contributed by atoms with Crippen molar-refractivity contribution in [3.8, 4) is 17.3 Å². The average molecular weight is 437 g/mol. The van der Waals surface area contributed by atoms with E-state index in [2.05, 4.69) is 26.5 Å². The molecule has 5 aromatic rings. The van der Waals surface area contributed by atoms with E-state index in [9.17, 15) is 4.79 Å². The molecule has 0 aliphatic heterocycles. The molecule has 1 amide bonds. The van der Waals surface area contributed by atoms with E-state index in [0.29, 0.717) is 28.3 Å². The third kappa shape index (κ3) is 3.85. The Morgan fingerprint density at radius 3 is 2.62 bits per heavy atom. The molecule has 3 heterocycles. The molecule has 0 fully saturated rings. The molecule has 0 unspecified atom stereocenters. The van der Waals surface area contributed by atoms with Crippen molar-refractivity contribution in [3.05, 3.63) is 101 Å². The summed E-state index contributed by atoms with van der Waals surface area (Å²) in [6.45, 7) is 0. The van der Waals surface area contributed by atoms with Gasteiger partial charge in [-0.25, -0.2) is 14.5 Å². The maximum Gasteiger partial charge on any atom is 0.262 e. The van der Waals surface area contributed by atoms with E-state index in [1.165, 1.54) is 17.5 Å². The number of rotatable bonds is 5. The number of carbonyl (C=O) groups excluding carboxylic acids is 1. The van der Waals surface area contributed by atoms with Crippen LogP contribution in [0.1, 0.15) is 26.4 Å². The van der Waals surface area contributed by atoms with Crippen LogP contribution in [-0.2, 0) is 6.42 Å². The van der Waals surface area contributed by atoms with E-state index in [-0.39, 0.29) is 5.91 Å². The first-order valence-corrected chi connectivity index (χ1v) is 10.7. The molecular formula is C24H16N6OS. The van der Waals surface area contributed by atoms with Crippen LogP contribution >= 0.6 is 11.3 Å². The lowest BCUT2D eigenvalue weighted by Gasteiger charge is -2.05. The molecule has 0 aliphatic rings. The van der Waals surface area contributed by atoms with Crippen molar-refractivity contribution in [1.82, 2.24) is 19.6 Å². The SMILES string of the molecule is N#Cc1ccc(Cc2cnc(NC(=O)c3cnn4c(-c5ccccc5)ccnc34)s2)cc1. The summed E-state index contributed by atoms with van der Waals surface area (Å²) in [7, 11) is 0. The van der Waals surface area contributed by atoms with Crippen LogP contribution in [0.15, 0.2) is 79.3 Å². The Bertz CT molecular complexity index is 1450. The van der Waals surface area contributed by atoms with Crippen molar-refractivity contribution in [2.45, 2.75) is 6.42 Å². The lowest BCUT2D eigenvalue weighted by molar-refractivity contribution is 0.102. The summed E-state index contributed by atoms with van der Waals surface area (Å²) in [5.74, 6) is -0.308. The lowest BCUT2D eigenvalue weighted by atomic mass is 10.1. The minimum absolute atomic E-state index is 0.308. The van der Waals surface area contributed by atoms with Crippen LogP contribution < -0.4 is 5.32 Å². The van der Waals surface area contributed by atoms with Crippen molar-refractivity contribution in [3.63, 3.8) is 0 Å². The molecule has 0 bridgehead atoms. The molecule has 0 spiro atoms. The van der Waals surface area contributed by atoms with Gasteiger partial charge in [-0.2, -0.15) is 10.4 Å². The molecule has 0 saturated carbocycles. The zero-order valence-corrected chi connectivity index (χ0v) is 17.6. The zero-order chi connectivity index (χ0) is 21.9. The van der Waals surface area contributed by atoms with E-state index in [0.717, 1.165) is 21.7 Å². The van der Waals surface area contributed by atoms with Gasteiger partial charge in [0, 0.05) is 29.3 Å². The lowest BCUT2D eigenvalue weighted by Crippen LogP contribution is -2.11. The van der Waals surface area contributed by atoms with E-state index < -0.39 is 0 Å². The van der Waals surface area contributed by atoms with Crippen molar-refractivity contribution in [1.29, 1.82) is 5.26 Å². The monoisotopic (exact) mass is 436 g/mol. The standard InChI is InChI=1S/C24H16N6OS/c25-13-17-8-6-16(7-9-17)12-19-14-27-24(32-19)29-23(31)20-15-28-30-21(10-11-26-22(20)30)18-4-2-1-3-5-18/h1-11,14-15H,12H2,(H,27,29,31). The fourth-order valence-corrected chi connectivity index (χ4v) is 4.23. The molecule has 0 saturated heterocycles. The Hall–Kier alpha value is -4.35. The van der Waals surface area contributed by atoms with Crippen LogP contribution in [0.4, 0.5) is 5.13 Å². The number of nitriles is 1. The second-order valence-corrected chi connectivity index (χ2v) is 8.18. The van der Waals surface area contributed by atoms with Gasteiger partial charge in [0.15, 0.2) is 10.8 Å². The Labute approximate surface area is 187 Å². The molecule has 0 atom stereocenters. The predicted octanol–water partition coefficient (Wildman–Crippen LogP) is 4.57. The molecular weight excluding hydrogens is 420 g/mol. The van der Waals surface area contributed by atoms with E-state index in [1.54, 1.807) is 29.0 Å². The first-order valence-electron chi connectivity index (χ1n) is 9.84. The van der Waals surface area contributed by atoms with Crippen molar-refractivity contribution in [2.24, 2.45) is 0 Å². The highest BCUT2D eigenvalue weighted by molar-refractivity contribution is 7.15. The molecule has 2 aromatic carbocycles. The van der Waals surface area contributed by atoms with Crippen LogP contribution in [0, 0.1) is 11.3 Å². The summed E-state index contributed by atoms with van der Waals surface area (Å²) in [5.41, 5.74) is 4.41. The highest BCUT2D eigenvalue weighted by Crippen LogP contribution is 2.24. The average Bonchev–Trinajstić information content (AvgIpc) is 3.47. The third-order valence-corrected chi connectivity index (χ3v) is 5.86. The van der Waals surface area contributed by atoms with Gasteiger partial charge in [0.2, 0.25) is 0 Å². The van der Waals surface area contributed by atoms with Gasteiger partial charge in [-0.3, -0.25) is 10.1 Å². The van der Waals surface area contributed by atoms with Gasteiger partial charge >= 0.3 is 0 Å². The maximum atomic E-state index is 12.9. The summed E-state index contributed by atoms with van der Waals surface area (Å²) in [6, 6.07) is 21.2. The number of aromatic nitrogens is 4. The Morgan fingerprint density at radius 2 is 1.84 bits per heavy atom.